The largest absolute Gasteiger partial charge is 0.469 e. The highest BCUT2D eigenvalue weighted by Gasteiger charge is 2.28. The maximum Gasteiger partial charge on any atom is 0.308 e. The number of hydrogen-bond donors (Lipinski definition) is 0. The van der Waals surface area contributed by atoms with E-state index in [-0.39, 0.29) is 24.4 Å². The fourth-order valence-electron chi connectivity index (χ4n) is 2.03. The Morgan fingerprint density at radius 3 is 2.95 bits per heavy atom. The Balaban J connectivity index is 1.99. The van der Waals surface area contributed by atoms with Crippen LogP contribution >= 0.6 is 0 Å². The van der Waals surface area contributed by atoms with Gasteiger partial charge in [-0.1, -0.05) is 0 Å². The number of hydrogen-bond acceptors (Lipinski definition) is 5. The lowest BCUT2D eigenvalue weighted by Gasteiger charge is -2.32. The summed E-state index contributed by atoms with van der Waals surface area (Å²) in [6, 6.07) is 1.75. The minimum Gasteiger partial charge on any atom is -0.469 e. The summed E-state index contributed by atoms with van der Waals surface area (Å²) >= 11 is 0. The van der Waals surface area contributed by atoms with Gasteiger partial charge in [-0.2, -0.15) is 0 Å². The number of methoxy groups -OCH3 is 1. The second-order valence-corrected chi connectivity index (χ2v) is 4.46. The first-order chi connectivity index (χ1) is 9.11. The van der Waals surface area contributed by atoms with E-state index >= 15 is 0 Å². The van der Waals surface area contributed by atoms with Crippen LogP contribution < -0.4 is 0 Å². The molecule has 6 heteroatoms. The summed E-state index contributed by atoms with van der Waals surface area (Å²) in [5.74, 6) is -0.159. The molecule has 0 aromatic carbocycles. The average molecular weight is 267 g/mol. The van der Waals surface area contributed by atoms with E-state index in [1.165, 1.54) is 13.4 Å². The van der Waals surface area contributed by atoms with Crippen LogP contribution in [0.25, 0.3) is 0 Å². The van der Waals surface area contributed by atoms with Crippen LogP contribution in [0.2, 0.25) is 0 Å². The molecule has 1 saturated heterocycles. The number of furan rings is 1. The summed E-state index contributed by atoms with van der Waals surface area (Å²) < 4.78 is 15.2. The summed E-state index contributed by atoms with van der Waals surface area (Å²) in [7, 11) is 1.33. The van der Waals surface area contributed by atoms with E-state index in [0.717, 1.165) is 5.56 Å². The molecular weight excluding hydrogens is 250 g/mol. The molecule has 0 spiro atoms. The first kappa shape index (κ1) is 13.6. The van der Waals surface area contributed by atoms with Gasteiger partial charge in [-0.3, -0.25) is 9.59 Å². The highest BCUT2D eigenvalue weighted by atomic mass is 16.5. The predicted molar refractivity (Wildman–Crippen MR) is 65.7 cm³/mol. The fourth-order valence-corrected chi connectivity index (χ4v) is 2.03. The van der Waals surface area contributed by atoms with Gasteiger partial charge in [-0.05, 0) is 13.0 Å². The molecule has 19 heavy (non-hydrogen) atoms. The van der Waals surface area contributed by atoms with E-state index < -0.39 is 0 Å². The molecule has 2 rings (SSSR count). The van der Waals surface area contributed by atoms with Crippen LogP contribution in [0.1, 0.15) is 22.5 Å². The standard InChI is InChI=1S/C13H17NO5/c1-9-3-5-19-12(9)13(16)14-4-6-18-10(8-14)7-11(15)17-2/h3,5,10H,4,6-8H2,1-2H3. The van der Waals surface area contributed by atoms with Crippen LogP contribution in [0.4, 0.5) is 0 Å². The zero-order valence-electron chi connectivity index (χ0n) is 11.0. The molecule has 1 aromatic rings. The fraction of sp³-hybridized carbons (Fsp3) is 0.538. The summed E-state index contributed by atoms with van der Waals surface area (Å²) in [6.07, 6.45) is 1.33. The van der Waals surface area contributed by atoms with E-state index in [1.807, 2.05) is 6.92 Å². The number of morpholine rings is 1. The maximum absolute atomic E-state index is 12.2. The third kappa shape index (κ3) is 3.14. The van der Waals surface area contributed by atoms with Gasteiger partial charge in [-0.15, -0.1) is 0 Å². The van der Waals surface area contributed by atoms with E-state index in [4.69, 9.17) is 9.15 Å². The maximum atomic E-state index is 12.2. The third-order valence-electron chi connectivity index (χ3n) is 3.10. The Labute approximate surface area is 111 Å². The Hall–Kier alpha value is -1.82. The van der Waals surface area contributed by atoms with Crippen molar-refractivity contribution in [3.05, 3.63) is 23.7 Å². The summed E-state index contributed by atoms with van der Waals surface area (Å²) in [5.41, 5.74) is 0.806. The van der Waals surface area contributed by atoms with Crippen LogP contribution in [0.5, 0.6) is 0 Å². The minimum absolute atomic E-state index is 0.150. The zero-order chi connectivity index (χ0) is 13.8. The van der Waals surface area contributed by atoms with E-state index in [9.17, 15) is 9.59 Å². The Morgan fingerprint density at radius 1 is 1.53 bits per heavy atom. The van der Waals surface area contributed by atoms with Crippen molar-refractivity contribution >= 4 is 11.9 Å². The van der Waals surface area contributed by atoms with Crippen molar-refractivity contribution in [3.8, 4) is 0 Å². The highest BCUT2D eigenvalue weighted by molar-refractivity contribution is 5.93. The number of aryl methyl sites for hydroxylation is 1. The molecule has 0 aliphatic carbocycles. The molecule has 104 valence electrons. The molecule has 1 amide bonds. The van der Waals surface area contributed by atoms with Crippen LogP contribution in [0.15, 0.2) is 16.7 Å². The van der Waals surface area contributed by atoms with Crippen molar-refractivity contribution in [3.63, 3.8) is 0 Å². The molecule has 0 saturated carbocycles. The van der Waals surface area contributed by atoms with Crippen molar-refractivity contribution in [1.82, 2.24) is 4.90 Å². The zero-order valence-corrected chi connectivity index (χ0v) is 11.0. The number of carbonyl (C=O) groups is 2. The molecule has 1 fully saturated rings. The number of amides is 1. The van der Waals surface area contributed by atoms with E-state index in [2.05, 4.69) is 4.74 Å². The first-order valence-corrected chi connectivity index (χ1v) is 6.13. The van der Waals surface area contributed by atoms with Gasteiger partial charge >= 0.3 is 5.97 Å². The second kappa shape index (κ2) is 5.88. The number of carbonyl (C=O) groups excluding carboxylic acids is 2. The van der Waals surface area contributed by atoms with Gasteiger partial charge in [-0.25, -0.2) is 0 Å². The quantitative estimate of drug-likeness (QED) is 0.764. The van der Waals surface area contributed by atoms with Crippen molar-refractivity contribution in [2.24, 2.45) is 0 Å². The number of rotatable bonds is 3. The van der Waals surface area contributed by atoms with Gasteiger partial charge in [0.2, 0.25) is 0 Å². The average Bonchev–Trinajstić information content (AvgIpc) is 2.84. The molecule has 1 aliphatic rings. The predicted octanol–water partition coefficient (Wildman–Crippen LogP) is 0.992. The third-order valence-corrected chi connectivity index (χ3v) is 3.10. The lowest BCUT2D eigenvalue weighted by Crippen LogP contribution is -2.46. The molecular formula is C13H17NO5. The van der Waals surface area contributed by atoms with Gasteiger partial charge in [0.1, 0.15) is 0 Å². The summed E-state index contributed by atoms with van der Waals surface area (Å²) in [6.45, 7) is 3.10. The molecule has 0 radical (unpaired) electrons. The van der Waals surface area contributed by atoms with E-state index in [0.29, 0.717) is 25.5 Å². The van der Waals surface area contributed by atoms with Crippen LogP contribution in [-0.2, 0) is 14.3 Å². The van der Waals surface area contributed by atoms with Crippen LogP contribution in [0.3, 0.4) is 0 Å². The number of ether oxygens (including phenoxy) is 2. The number of nitrogens with zero attached hydrogens (tertiary/aromatic N) is 1. The molecule has 2 heterocycles. The summed E-state index contributed by atoms with van der Waals surface area (Å²) in [4.78, 5) is 25.1. The topological polar surface area (TPSA) is 69.0 Å². The van der Waals surface area contributed by atoms with Crippen molar-refractivity contribution in [2.75, 3.05) is 26.8 Å². The SMILES string of the molecule is COC(=O)CC1CN(C(=O)c2occc2C)CCO1. The molecule has 6 nitrogen and oxygen atoms in total. The number of esters is 1. The van der Waals surface area contributed by atoms with Gasteiger partial charge in [0.15, 0.2) is 5.76 Å². The molecule has 0 bridgehead atoms. The van der Waals surface area contributed by atoms with Crippen LogP contribution in [0, 0.1) is 6.92 Å². The summed E-state index contributed by atoms with van der Waals surface area (Å²) in [5, 5.41) is 0. The van der Waals surface area contributed by atoms with Crippen LogP contribution in [-0.4, -0.2) is 49.7 Å². The molecule has 1 aromatic heterocycles. The molecule has 1 unspecified atom stereocenters. The molecule has 1 aliphatic heterocycles. The van der Waals surface area contributed by atoms with E-state index in [1.54, 1.807) is 11.0 Å². The lowest BCUT2D eigenvalue weighted by molar-refractivity contribution is -0.145. The Morgan fingerprint density at radius 2 is 2.32 bits per heavy atom. The monoisotopic (exact) mass is 267 g/mol. The van der Waals surface area contributed by atoms with Gasteiger partial charge in [0.25, 0.3) is 5.91 Å². The minimum atomic E-state index is -0.339. The lowest BCUT2D eigenvalue weighted by atomic mass is 10.2. The van der Waals surface area contributed by atoms with Crippen molar-refractivity contribution in [1.29, 1.82) is 0 Å². The first-order valence-electron chi connectivity index (χ1n) is 6.13. The normalized spacial score (nSPS) is 19.3. The van der Waals surface area contributed by atoms with Gasteiger partial charge in [0.05, 0.1) is 32.5 Å². The second-order valence-electron chi connectivity index (χ2n) is 4.46. The molecule has 1 atom stereocenters. The van der Waals surface area contributed by atoms with Crippen molar-refractivity contribution in [2.45, 2.75) is 19.4 Å². The smallest absolute Gasteiger partial charge is 0.308 e. The van der Waals surface area contributed by atoms with Gasteiger partial charge in [0, 0.05) is 18.7 Å². The highest BCUT2D eigenvalue weighted by Crippen LogP contribution is 2.16. The van der Waals surface area contributed by atoms with Crippen molar-refractivity contribution < 1.29 is 23.5 Å². The van der Waals surface area contributed by atoms with Gasteiger partial charge < -0.3 is 18.8 Å². The Kier molecular flexibility index (Phi) is 4.21. The molecule has 0 N–H and O–H groups in total. The Bertz CT molecular complexity index is 467.